The number of nitrogens with zero attached hydrogens (tertiary/aromatic N) is 2. The molecule has 19 heavy (non-hydrogen) atoms. The number of rotatable bonds is 7. The van der Waals surface area contributed by atoms with Crippen molar-refractivity contribution in [2.75, 3.05) is 6.61 Å². The molecule has 6 heteroatoms. The lowest BCUT2D eigenvalue weighted by Gasteiger charge is -2.14. The Labute approximate surface area is 112 Å². The van der Waals surface area contributed by atoms with Crippen LogP contribution >= 0.6 is 0 Å². The molecule has 0 aliphatic carbocycles. The number of nitro groups is 1. The molecule has 0 aliphatic rings. The smallest absolute Gasteiger partial charge is 0.269 e. The summed E-state index contributed by atoms with van der Waals surface area (Å²) in [5, 5.41) is 22.5. The van der Waals surface area contributed by atoms with Gasteiger partial charge in [0.1, 0.15) is 5.75 Å². The van der Waals surface area contributed by atoms with Crippen LogP contribution in [-0.2, 0) is 0 Å². The van der Waals surface area contributed by atoms with Gasteiger partial charge in [-0.05, 0) is 26.0 Å². The minimum Gasteiger partial charge on any atom is -0.493 e. The molecule has 0 aliphatic heterocycles. The highest BCUT2D eigenvalue weighted by Crippen LogP contribution is 2.17. The summed E-state index contributed by atoms with van der Waals surface area (Å²) < 4.78 is 5.44. The summed E-state index contributed by atoms with van der Waals surface area (Å²) in [5.41, 5.74) is 0.0312. The predicted molar refractivity (Wildman–Crippen MR) is 70.9 cm³/mol. The maximum atomic E-state index is 10.5. The highest BCUT2D eigenvalue weighted by molar-refractivity contribution is 5.35. The van der Waals surface area contributed by atoms with E-state index in [0.29, 0.717) is 18.8 Å². The number of nitro benzene ring substituents is 1. The first kappa shape index (κ1) is 14.9. The minimum absolute atomic E-state index is 0.0312. The highest BCUT2D eigenvalue weighted by Gasteiger charge is 2.09. The van der Waals surface area contributed by atoms with Gasteiger partial charge >= 0.3 is 0 Å². The van der Waals surface area contributed by atoms with Gasteiger partial charge in [-0.1, -0.05) is 0 Å². The van der Waals surface area contributed by atoms with Gasteiger partial charge in [0.15, 0.2) is 0 Å². The fraction of sp³-hybridized carbons (Fsp3) is 0.462. The van der Waals surface area contributed by atoms with Crippen molar-refractivity contribution in [3.05, 3.63) is 34.4 Å². The van der Waals surface area contributed by atoms with E-state index in [1.54, 1.807) is 12.1 Å². The lowest BCUT2D eigenvalue weighted by molar-refractivity contribution is -0.384. The van der Waals surface area contributed by atoms with E-state index in [1.165, 1.54) is 12.1 Å². The van der Waals surface area contributed by atoms with Crippen molar-refractivity contribution >= 4 is 5.69 Å². The van der Waals surface area contributed by atoms with Crippen LogP contribution in [0.3, 0.4) is 0 Å². The maximum absolute atomic E-state index is 10.5. The number of hydrogen-bond donors (Lipinski definition) is 1. The number of nitrogens with one attached hydrogen (secondary N) is 1. The normalized spacial score (nSPS) is 11.9. The van der Waals surface area contributed by atoms with Crippen LogP contribution in [0.5, 0.6) is 5.75 Å². The zero-order valence-electron chi connectivity index (χ0n) is 11.0. The Morgan fingerprint density at radius 3 is 2.53 bits per heavy atom. The molecule has 0 bridgehead atoms. The van der Waals surface area contributed by atoms with E-state index in [9.17, 15) is 10.1 Å². The molecule has 0 aromatic heterocycles. The predicted octanol–water partition coefficient (Wildman–Crippen LogP) is 2.25. The molecule has 1 N–H and O–H groups in total. The quantitative estimate of drug-likeness (QED) is 0.602. The molecule has 1 rings (SSSR count). The molecule has 0 amide bonds. The Kier molecular flexibility index (Phi) is 5.76. The van der Waals surface area contributed by atoms with Gasteiger partial charge in [-0.15, -0.1) is 0 Å². The zero-order valence-corrected chi connectivity index (χ0v) is 11.0. The van der Waals surface area contributed by atoms with Crippen LogP contribution in [0.1, 0.15) is 20.3 Å². The van der Waals surface area contributed by atoms with Crippen molar-refractivity contribution in [1.29, 1.82) is 5.26 Å². The number of nitriles is 1. The molecule has 0 heterocycles. The molecular weight excluding hydrogens is 246 g/mol. The number of non-ortho nitro benzene ring substituents is 1. The molecule has 1 atom stereocenters. The van der Waals surface area contributed by atoms with Gasteiger partial charge < -0.3 is 4.74 Å². The average molecular weight is 263 g/mol. The van der Waals surface area contributed by atoms with Crippen molar-refractivity contribution in [2.24, 2.45) is 0 Å². The number of ether oxygens (including phenoxy) is 1. The maximum Gasteiger partial charge on any atom is 0.269 e. The summed E-state index contributed by atoms with van der Waals surface area (Å²) in [6.07, 6.45) is 0.561. The molecule has 0 radical (unpaired) electrons. The molecule has 1 aromatic rings. The first-order chi connectivity index (χ1) is 9.02. The first-order valence-electron chi connectivity index (χ1n) is 6.06. The van der Waals surface area contributed by atoms with Gasteiger partial charge in [-0.3, -0.25) is 15.4 Å². The van der Waals surface area contributed by atoms with Crippen molar-refractivity contribution in [3.8, 4) is 11.8 Å². The lowest BCUT2D eigenvalue weighted by Crippen LogP contribution is -2.34. The SMILES string of the molecule is CC(C)NC(C#N)CCOc1ccc([N+](=O)[O-])cc1. The Morgan fingerprint density at radius 2 is 2.05 bits per heavy atom. The molecular formula is C13H17N3O3. The van der Waals surface area contributed by atoms with E-state index in [2.05, 4.69) is 11.4 Å². The Morgan fingerprint density at radius 1 is 1.42 bits per heavy atom. The van der Waals surface area contributed by atoms with Gasteiger partial charge in [0.25, 0.3) is 5.69 Å². The Bertz CT molecular complexity index is 451. The van der Waals surface area contributed by atoms with Gasteiger partial charge in [0.2, 0.25) is 0 Å². The third-order valence-electron chi connectivity index (χ3n) is 2.41. The third kappa shape index (κ3) is 5.36. The fourth-order valence-corrected chi connectivity index (χ4v) is 1.55. The summed E-state index contributed by atoms with van der Waals surface area (Å²) in [4.78, 5) is 10.0. The summed E-state index contributed by atoms with van der Waals surface area (Å²) in [6.45, 7) is 4.33. The average Bonchev–Trinajstić information content (AvgIpc) is 2.37. The van der Waals surface area contributed by atoms with Crippen molar-refractivity contribution < 1.29 is 9.66 Å². The Balaban J connectivity index is 2.40. The van der Waals surface area contributed by atoms with Crippen molar-refractivity contribution in [3.63, 3.8) is 0 Å². The van der Waals surface area contributed by atoms with E-state index in [0.717, 1.165) is 0 Å². The topological polar surface area (TPSA) is 88.2 Å². The summed E-state index contributed by atoms with van der Waals surface area (Å²) in [7, 11) is 0. The van der Waals surface area contributed by atoms with Crippen LogP contribution in [-0.4, -0.2) is 23.6 Å². The second-order valence-electron chi connectivity index (χ2n) is 4.39. The van der Waals surface area contributed by atoms with Gasteiger partial charge in [-0.25, -0.2) is 0 Å². The van der Waals surface area contributed by atoms with Gasteiger partial charge in [0, 0.05) is 24.6 Å². The van der Waals surface area contributed by atoms with Crippen molar-refractivity contribution in [1.82, 2.24) is 5.32 Å². The molecule has 0 saturated heterocycles. The monoisotopic (exact) mass is 263 g/mol. The van der Waals surface area contributed by atoms with Crippen LogP contribution in [0.2, 0.25) is 0 Å². The molecule has 0 fully saturated rings. The van der Waals surface area contributed by atoms with E-state index in [4.69, 9.17) is 10.00 Å². The van der Waals surface area contributed by atoms with Crippen LogP contribution in [0.4, 0.5) is 5.69 Å². The zero-order chi connectivity index (χ0) is 14.3. The third-order valence-corrected chi connectivity index (χ3v) is 2.41. The largest absolute Gasteiger partial charge is 0.493 e. The van der Waals surface area contributed by atoms with Crippen LogP contribution < -0.4 is 10.1 Å². The molecule has 0 saturated carbocycles. The van der Waals surface area contributed by atoms with Crippen LogP contribution in [0, 0.1) is 21.4 Å². The summed E-state index contributed by atoms with van der Waals surface area (Å²) in [5.74, 6) is 0.562. The molecule has 6 nitrogen and oxygen atoms in total. The number of benzene rings is 1. The second kappa shape index (κ2) is 7.34. The van der Waals surface area contributed by atoms with Crippen LogP contribution in [0.25, 0.3) is 0 Å². The summed E-state index contributed by atoms with van der Waals surface area (Å²) in [6, 6.07) is 8.04. The first-order valence-corrected chi connectivity index (χ1v) is 6.06. The van der Waals surface area contributed by atoms with E-state index in [-0.39, 0.29) is 17.8 Å². The fourth-order valence-electron chi connectivity index (χ4n) is 1.55. The Hall–Kier alpha value is -2.13. The lowest BCUT2D eigenvalue weighted by atomic mass is 10.2. The van der Waals surface area contributed by atoms with E-state index >= 15 is 0 Å². The summed E-state index contributed by atoms with van der Waals surface area (Å²) >= 11 is 0. The highest BCUT2D eigenvalue weighted by atomic mass is 16.6. The second-order valence-corrected chi connectivity index (χ2v) is 4.39. The minimum atomic E-state index is -0.456. The molecule has 102 valence electrons. The van der Waals surface area contributed by atoms with Gasteiger partial charge in [0.05, 0.1) is 23.6 Å². The van der Waals surface area contributed by atoms with E-state index in [1.807, 2.05) is 13.8 Å². The molecule has 1 aromatic carbocycles. The standard InChI is InChI=1S/C13H17N3O3/c1-10(2)15-11(9-14)7-8-19-13-5-3-12(4-6-13)16(17)18/h3-6,10-11,15H,7-8H2,1-2H3. The van der Waals surface area contributed by atoms with Gasteiger partial charge in [-0.2, -0.15) is 5.26 Å². The van der Waals surface area contributed by atoms with Crippen LogP contribution in [0.15, 0.2) is 24.3 Å². The molecule has 0 spiro atoms. The number of hydrogen-bond acceptors (Lipinski definition) is 5. The molecule has 1 unspecified atom stereocenters. The van der Waals surface area contributed by atoms with E-state index < -0.39 is 4.92 Å². The van der Waals surface area contributed by atoms with Crippen molar-refractivity contribution in [2.45, 2.75) is 32.4 Å².